The summed E-state index contributed by atoms with van der Waals surface area (Å²) in [7, 11) is -8.68. The maximum absolute atomic E-state index is 12.4. The van der Waals surface area contributed by atoms with Gasteiger partial charge in [0.05, 0.1) is 45.6 Å². The fourth-order valence-corrected chi connectivity index (χ4v) is 4.92. The van der Waals surface area contributed by atoms with Crippen LogP contribution in [0.25, 0.3) is 0 Å². The zero-order chi connectivity index (χ0) is 29.3. The number of nitrogens with one attached hydrogen (secondary N) is 2. The van der Waals surface area contributed by atoms with Crippen LogP contribution < -0.4 is 16.4 Å². The van der Waals surface area contributed by atoms with Crippen molar-refractivity contribution in [3.8, 4) is 0 Å². The molecule has 1 heterocycles. The Kier molecular flexibility index (Phi) is 10.9. The van der Waals surface area contributed by atoms with E-state index in [9.17, 15) is 16.8 Å². The second-order valence-corrected chi connectivity index (χ2v) is 11.6. The van der Waals surface area contributed by atoms with E-state index in [1.807, 2.05) is 6.92 Å². The minimum atomic E-state index is -4.77. The molecule has 21 heteroatoms. The molecule has 17 nitrogen and oxygen atoms in total. The van der Waals surface area contributed by atoms with Gasteiger partial charge in [-0.1, -0.05) is 5.04 Å². The molecule has 0 bridgehead atoms. The molecule has 0 radical (unpaired) electrons. The number of anilines is 4. The molecule has 2 aromatic carbocycles. The minimum absolute atomic E-state index is 0.0645. The van der Waals surface area contributed by atoms with Crippen LogP contribution in [0.3, 0.4) is 0 Å². The van der Waals surface area contributed by atoms with Crippen LogP contribution in [0.2, 0.25) is 5.28 Å². The predicted molar refractivity (Wildman–Crippen MR) is 144 cm³/mol. The van der Waals surface area contributed by atoms with Crippen LogP contribution in [0, 0.1) is 0 Å². The molecule has 0 aliphatic carbocycles. The number of halogens is 1. The number of nitrogens with zero attached hydrogens (tertiary/aromatic N) is 5. The summed E-state index contributed by atoms with van der Waals surface area (Å²) in [5.41, 5.74) is 6.99. The van der Waals surface area contributed by atoms with E-state index in [0.717, 1.165) is 0 Å². The van der Waals surface area contributed by atoms with Gasteiger partial charge in [0.25, 0.3) is 0 Å². The second kappa shape index (κ2) is 13.9. The number of benzene rings is 2. The van der Waals surface area contributed by atoms with Crippen molar-refractivity contribution in [3.63, 3.8) is 0 Å². The Labute approximate surface area is 237 Å². The summed E-state index contributed by atoms with van der Waals surface area (Å²) >= 11 is 6.58. The molecule has 0 spiro atoms. The van der Waals surface area contributed by atoms with Crippen molar-refractivity contribution in [2.75, 3.05) is 35.3 Å². The van der Waals surface area contributed by atoms with Gasteiger partial charge in [0.15, 0.2) is 9.84 Å². The number of hydrogen-bond acceptors (Lipinski definition) is 17. The van der Waals surface area contributed by atoms with Crippen molar-refractivity contribution in [3.05, 3.63) is 41.7 Å². The van der Waals surface area contributed by atoms with E-state index in [1.165, 1.54) is 36.4 Å². The van der Waals surface area contributed by atoms with Crippen LogP contribution in [0.1, 0.15) is 6.92 Å². The average molecular weight is 637 g/mol. The molecule has 0 fully saturated rings. The standard InChI is InChI=1S/C19H21ClN8O9S3/c1-2-22-18-24-17(20)25-19(26-18)23-14-9-13(21)16(38-37-36-29)10-15(14)28-27-11-3-5-12(6-4-11)39(30,31)8-7-35-40(32,33)34/h3-6,9-10,29H,2,7-8,21H2,1H3,(H,32,33,34)(H2,22,23,24,25,26). The van der Waals surface area contributed by atoms with E-state index in [2.05, 4.69) is 49.4 Å². The monoisotopic (exact) mass is 636 g/mol. The number of aromatic nitrogens is 3. The molecule has 0 saturated heterocycles. The topological polar surface area (TPSA) is 250 Å². The Bertz CT molecular complexity index is 1580. The Morgan fingerprint density at radius 3 is 2.42 bits per heavy atom. The lowest BCUT2D eigenvalue weighted by Crippen LogP contribution is -2.15. The van der Waals surface area contributed by atoms with E-state index in [-0.39, 0.29) is 39.1 Å². The summed E-state index contributed by atoms with van der Waals surface area (Å²) in [5.74, 6) is -0.402. The van der Waals surface area contributed by atoms with E-state index in [4.69, 9.17) is 27.1 Å². The third kappa shape index (κ3) is 9.46. The SMILES string of the molecule is CCNc1nc(Cl)nc(Nc2cc(N)c(SOOO)cc2N=Nc2ccc(S(=O)(=O)CCOS(=O)(=O)O)cc2)n1. The van der Waals surface area contributed by atoms with Gasteiger partial charge in [-0.05, 0) is 54.9 Å². The first-order valence-electron chi connectivity index (χ1n) is 10.8. The molecule has 6 N–H and O–H groups in total. The summed E-state index contributed by atoms with van der Waals surface area (Å²) in [4.78, 5) is 12.4. The molecule has 0 aliphatic heterocycles. The van der Waals surface area contributed by atoms with Crippen molar-refractivity contribution >= 4 is 78.5 Å². The number of nitrogen functional groups attached to an aromatic ring is 1. The Balaban J connectivity index is 1.88. The first kappa shape index (κ1) is 31.3. The van der Waals surface area contributed by atoms with Gasteiger partial charge in [-0.25, -0.2) is 17.9 Å². The average Bonchev–Trinajstić information content (AvgIpc) is 2.87. The Morgan fingerprint density at radius 1 is 1.07 bits per heavy atom. The normalized spacial score (nSPS) is 12.1. The molecular weight excluding hydrogens is 616 g/mol. The number of rotatable bonds is 14. The molecule has 40 heavy (non-hydrogen) atoms. The summed E-state index contributed by atoms with van der Waals surface area (Å²) in [6.07, 6.45) is 0. The first-order chi connectivity index (χ1) is 18.9. The highest BCUT2D eigenvalue weighted by atomic mass is 35.5. The Hall–Kier alpha value is -3.21. The first-order valence-corrected chi connectivity index (χ1v) is 14.9. The number of nitrogens with two attached hydrogens (primary N) is 1. The fourth-order valence-electron chi connectivity index (χ4n) is 2.85. The molecule has 0 amide bonds. The lowest BCUT2D eigenvalue weighted by molar-refractivity contribution is -0.432. The quantitative estimate of drug-likeness (QED) is 0.0422. The summed E-state index contributed by atoms with van der Waals surface area (Å²) in [6.45, 7) is 1.62. The Morgan fingerprint density at radius 2 is 1.77 bits per heavy atom. The maximum Gasteiger partial charge on any atom is 0.397 e. The third-order valence-corrected chi connectivity index (χ3v) is 7.52. The highest BCUT2D eigenvalue weighted by Crippen LogP contribution is 2.38. The molecule has 0 aliphatic rings. The van der Waals surface area contributed by atoms with Gasteiger partial charge in [0.2, 0.25) is 17.2 Å². The zero-order valence-corrected chi connectivity index (χ0v) is 23.5. The van der Waals surface area contributed by atoms with Crippen molar-refractivity contribution in [2.45, 2.75) is 16.7 Å². The summed E-state index contributed by atoms with van der Waals surface area (Å²) < 4.78 is 63.1. The zero-order valence-electron chi connectivity index (χ0n) is 20.3. The molecule has 3 rings (SSSR count). The fraction of sp³-hybridized carbons (Fsp3) is 0.211. The van der Waals surface area contributed by atoms with E-state index in [1.54, 1.807) is 0 Å². The summed E-state index contributed by atoms with van der Waals surface area (Å²) in [5, 5.41) is 26.1. The van der Waals surface area contributed by atoms with Gasteiger partial charge in [0, 0.05) is 12.2 Å². The van der Waals surface area contributed by atoms with Crippen LogP contribution in [-0.2, 0) is 33.8 Å². The van der Waals surface area contributed by atoms with Crippen LogP contribution in [0.5, 0.6) is 0 Å². The molecule has 0 saturated carbocycles. The van der Waals surface area contributed by atoms with Crippen molar-refractivity contribution < 1.29 is 40.2 Å². The summed E-state index contributed by atoms with van der Waals surface area (Å²) in [6, 6.07) is 8.11. The lowest BCUT2D eigenvalue weighted by atomic mass is 10.2. The van der Waals surface area contributed by atoms with Gasteiger partial charge in [-0.3, -0.25) is 4.55 Å². The smallest absolute Gasteiger partial charge is 0.397 e. The van der Waals surface area contributed by atoms with Crippen LogP contribution >= 0.6 is 23.6 Å². The third-order valence-electron chi connectivity index (χ3n) is 4.53. The number of hydrogen-bond donors (Lipinski definition) is 5. The highest BCUT2D eigenvalue weighted by Gasteiger charge is 2.17. The van der Waals surface area contributed by atoms with Crippen LogP contribution in [0.4, 0.5) is 34.6 Å². The van der Waals surface area contributed by atoms with E-state index in [0.29, 0.717) is 29.2 Å². The van der Waals surface area contributed by atoms with E-state index >= 15 is 0 Å². The molecule has 3 aromatic rings. The van der Waals surface area contributed by atoms with Crippen molar-refractivity contribution in [1.82, 2.24) is 15.0 Å². The van der Waals surface area contributed by atoms with Gasteiger partial charge in [0.1, 0.15) is 5.69 Å². The lowest BCUT2D eigenvalue weighted by Gasteiger charge is -2.12. The molecule has 216 valence electrons. The van der Waals surface area contributed by atoms with Crippen molar-refractivity contribution in [1.29, 1.82) is 0 Å². The van der Waals surface area contributed by atoms with Gasteiger partial charge in [-0.15, -0.1) is 9.45 Å². The maximum atomic E-state index is 12.4. The molecule has 0 unspecified atom stereocenters. The largest absolute Gasteiger partial charge is 0.398 e. The number of azo groups is 1. The molecule has 0 atom stereocenters. The predicted octanol–water partition coefficient (Wildman–Crippen LogP) is 3.72. The molecular formula is C19H21ClN8O9S3. The number of sulfone groups is 1. The van der Waals surface area contributed by atoms with Crippen LogP contribution in [-0.4, -0.2) is 60.5 Å². The molecule has 1 aromatic heterocycles. The van der Waals surface area contributed by atoms with Gasteiger partial charge >= 0.3 is 10.4 Å². The van der Waals surface area contributed by atoms with Gasteiger partial charge in [-0.2, -0.15) is 28.5 Å². The highest BCUT2D eigenvalue weighted by molar-refractivity contribution is 7.94. The second-order valence-electron chi connectivity index (χ2n) is 7.30. The van der Waals surface area contributed by atoms with Gasteiger partial charge < -0.3 is 16.4 Å². The van der Waals surface area contributed by atoms with Crippen molar-refractivity contribution in [2.24, 2.45) is 10.2 Å². The minimum Gasteiger partial charge on any atom is -0.398 e. The van der Waals surface area contributed by atoms with E-state index < -0.39 is 32.6 Å². The van der Waals surface area contributed by atoms with Crippen LogP contribution in [0.15, 0.2) is 56.4 Å².